The summed E-state index contributed by atoms with van der Waals surface area (Å²) < 4.78 is 39.8. The molecule has 1 fully saturated rings. The number of para-hydroxylation sites is 1. The van der Waals surface area contributed by atoms with Crippen molar-refractivity contribution in [3.8, 4) is 0 Å². The summed E-state index contributed by atoms with van der Waals surface area (Å²) in [6.45, 7) is 0.225. The predicted octanol–water partition coefficient (Wildman–Crippen LogP) is 3.79. The highest BCUT2D eigenvalue weighted by molar-refractivity contribution is 5.98. The Kier molecular flexibility index (Phi) is 5.32. The molecule has 1 saturated carbocycles. The van der Waals surface area contributed by atoms with Gasteiger partial charge < -0.3 is 10.6 Å². The number of hydrogen-bond acceptors (Lipinski definition) is 3. The van der Waals surface area contributed by atoms with E-state index in [0.29, 0.717) is 12.1 Å². The predicted molar refractivity (Wildman–Crippen MR) is 104 cm³/mol. The van der Waals surface area contributed by atoms with Crippen molar-refractivity contribution in [3.05, 3.63) is 72.1 Å². The van der Waals surface area contributed by atoms with Crippen LogP contribution in [0.25, 0.3) is 0 Å². The highest BCUT2D eigenvalue weighted by atomic mass is 19.4. The molecule has 4 rings (SSSR count). The number of anilines is 1. The zero-order valence-corrected chi connectivity index (χ0v) is 15.9. The molecule has 2 aliphatic rings. The van der Waals surface area contributed by atoms with Gasteiger partial charge in [0.15, 0.2) is 0 Å². The number of allylic oxidation sites excluding steroid dienone is 2. The summed E-state index contributed by atoms with van der Waals surface area (Å²) in [5.41, 5.74) is -0.521. The molecule has 4 atom stereocenters. The van der Waals surface area contributed by atoms with Gasteiger partial charge in [-0.25, -0.2) is 0 Å². The van der Waals surface area contributed by atoms with Crippen molar-refractivity contribution >= 4 is 17.5 Å². The minimum atomic E-state index is -4.59. The Labute approximate surface area is 171 Å². The average molecular weight is 415 g/mol. The number of fused-ring (bicyclic) bond motifs is 2. The molecule has 30 heavy (non-hydrogen) atoms. The van der Waals surface area contributed by atoms with Crippen molar-refractivity contribution in [2.24, 2.45) is 23.7 Å². The highest BCUT2D eigenvalue weighted by Gasteiger charge is 2.51. The summed E-state index contributed by atoms with van der Waals surface area (Å²) in [6, 6.07) is 10.2. The number of amides is 2. The van der Waals surface area contributed by atoms with Crippen molar-refractivity contribution in [1.29, 1.82) is 0 Å². The van der Waals surface area contributed by atoms with Crippen LogP contribution in [0, 0.1) is 23.7 Å². The molecule has 0 spiro atoms. The van der Waals surface area contributed by atoms with Crippen LogP contribution in [0.3, 0.4) is 0 Å². The van der Waals surface area contributed by atoms with Gasteiger partial charge in [-0.1, -0.05) is 30.4 Å². The molecule has 1 heterocycles. The third-order valence-electron chi connectivity index (χ3n) is 5.72. The van der Waals surface area contributed by atoms with Crippen molar-refractivity contribution in [1.82, 2.24) is 10.3 Å². The Bertz CT molecular complexity index is 975. The highest BCUT2D eigenvalue weighted by Crippen LogP contribution is 2.48. The monoisotopic (exact) mass is 415 g/mol. The number of pyridine rings is 1. The van der Waals surface area contributed by atoms with Crippen LogP contribution in [0.2, 0.25) is 0 Å². The molecule has 8 heteroatoms. The van der Waals surface area contributed by atoms with Crippen LogP contribution < -0.4 is 10.6 Å². The molecule has 2 bridgehead atoms. The van der Waals surface area contributed by atoms with Crippen molar-refractivity contribution in [3.63, 3.8) is 0 Å². The van der Waals surface area contributed by atoms with Gasteiger partial charge in [-0.05, 0) is 42.5 Å². The van der Waals surface area contributed by atoms with Gasteiger partial charge in [-0.3, -0.25) is 14.6 Å². The fraction of sp³-hybridized carbons (Fsp3) is 0.318. The number of hydrogen-bond donors (Lipinski definition) is 2. The van der Waals surface area contributed by atoms with E-state index in [1.54, 1.807) is 18.3 Å². The topological polar surface area (TPSA) is 71.1 Å². The Hall–Kier alpha value is -3.16. The van der Waals surface area contributed by atoms with Crippen molar-refractivity contribution in [2.45, 2.75) is 19.1 Å². The normalized spacial score (nSPS) is 24.6. The summed E-state index contributed by atoms with van der Waals surface area (Å²) in [4.78, 5) is 30.0. The van der Waals surface area contributed by atoms with E-state index in [2.05, 4.69) is 15.6 Å². The first-order chi connectivity index (χ1) is 14.3. The molecule has 156 valence electrons. The molecule has 0 unspecified atom stereocenters. The van der Waals surface area contributed by atoms with E-state index in [4.69, 9.17) is 0 Å². The number of carbonyl (C=O) groups excluding carboxylic acids is 2. The number of aromatic nitrogens is 1. The molecule has 2 aromatic rings. The van der Waals surface area contributed by atoms with Crippen LogP contribution in [0.1, 0.15) is 17.7 Å². The molecule has 1 aromatic heterocycles. The molecule has 2 amide bonds. The summed E-state index contributed by atoms with van der Waals surface area (Å²) in [5, 5.41) is 5.23. The third kappa shape index (κ3) is 3.94. The van der Waals surface area contributed by atoms with E-state index in [9.17, 15) is 22.8 Å². The molecular formula is C22H20F3N3O2. The lowest BCUT2D eigenvalue weighted by molar-refractivity contribution is -0.137. The van der Waals surface area contributed by atoms with Gasteiger partial charge in [-0.2, -0.15) is 13.2 Å². The molecule has 0 saturated heterocycles. The molecule has 0 aliphatic heterocycles. The standard InChI is InChI=1S/C22H20F3N3O2/c23-22(24,25)16-6-1-2-7-17(16)28-21(30)19-14-9-8-13(11-14)18(19)20(29)27-12-15-5-3-4-10-26-15/h1-10,13-14,18-19H,11-12H2,(H,27,29)(H,28,30)/t13-,14-,18-,19-/m1/s1. The Morgan fingerprint density at radius 2 is 1.63 bits per heavy atom. The lowest BCUT2D eigenvalue weighted by Gasteiger charge is -2.27. The van der Waals surface area contributed by atoms with E-state index in [1.807, 2.05) is 18.2 Å². The zero-order chi connectivity index (χ0) is 21.3. The second-order valence-corrected chi connectivity index (χ2v) is 7.57. The average Bonchev–Trinajstić information content (AvgIpc) is 3.34. The van der Waals surface area contributed by atoms with Crippen LogP contribution >= 0.6 is 0 Å². The van der Waals surface area contributed by atoms with Gasteiger partial charge in [0.25, 0.3) is 0 Å². The maximum atomic E-state index is 13.3. The van der Waals surface area contributed by atoms with Gasteiger partial charge in [-0.15, -0.1) is 0 Å². The summed E-state index contributed by atoms with van der Waals surface area (Å²) in [5.74, 6) is -2.47. The Balaban J connectivity index is 1.50. The van der Waals surface area contributed by atoms with Crippen LogP contribution in [-0.2, 0) is 22.3 Å². The summed E-state index contributed by atoms with van der Waals surface area (Å²) in [7, 11) is 0. The number of nitrogens with one attached hydrogen (secondary N) is 2. The molecule has 2 N–H and O–H groups in total. The van der Waals surface area contributed by atoms with Gasteiger partial charge >= 0.3 is 6.18 Å². The lowest BCUT2D eigenvalue weighted by Crippen LogP contribution is -2.42. The van der Waals surface area contributed by atoms with Crippen molar-refractivity contribution < 1.29 is 22.8 Å². The first-order valence-electron chi connectivity index (χ1n) is 9.67. The minimum Gasteiger partial charge on any atom is -0.350 e. The Morgan fingerprint density at radius 1 is 0.967 bits per heavy atom. The summed E-state index contributed by atoms with van der Waals surface area (Å²) >= 11 is 0. The SMILES string of the molecule is O=C(NCc1ccccn1)[C@H]1[C@H](C(=O)Nc2ccccc2C(F)(F)F)[C@@H]2C=C[C@@H]1C2. The molecule has 1 aromatic carbocycles. The zero-order valence-electron chi connectivity index (χ0n) is 15.9. The van der Waals surface area contributed by atoms with Gasteiger partial charge in [0.2, 0.25) is 11.8 Å². The van der Waals surface area contributed by atoms with Crippen molar-refractivity contribution in [2.75, 3.05) is 5.32 Å². The maximum Gasteiger partial charge on any atom is 0.418 e. The number of benzene rings is 1. The molecule has 2 aliphatic carbocycles. The number of alkyl halides is 3. The van der Waals surface area contributed by atoms with E-state index in [-0.39, 0.29) is 30.0 Å². The van der Waals surface area contributed by atoms with Crippen LogP contribution in [0.5, 0.6) is 0 Å². The second-order valence-electron chi connectivity index (χ2n) is 7.57. The van der Waals surface area contributed by atoms with Crippen LogP contribution in [-0.4, -0.2) is 16.8 Å². The quantitative estimate of drug-likeness (QED) is 0.730. The maximum absolute atomic E-state index is 13.3. The van der Waals surface area contributed by atoms with E-state index in [1.165, 1.54) is 18.2 Å². The van der Waals surface area contributed by atoms with E-state index >= 15 is 0 Å². The summed E-state index contributed by atoms with van der Waals surface area (Å²) in [6.07, 6.45) is 1.48. The molecule has 5 nitrogen and oxygen atoms in total. The third-order valence-corrected chi connectivity index (χ3v) is 5.72. The van der Waals surface area contributed by atoms with Gasteiger partial charge in [0.1, 0.15) is 0 Å². The fourth-order valence-corrected chi connectivity index (χ4v) is 4.39. The minimum absolute atomic E-state index is 0.104. The lowest BCUT2D eigenvalue weighted by atomic mass is 9.81. The first-order valence-corrected chi connectivity index (χ1v) is 9.67. The number of nitrogens with zero attached hydrogens (tertiary/aromatic N) is 1. The first kappa shape index (κ1) is 20.1. The van der Waals surface area contributed by atoms with Gasteiger partial charge in [0, 0.05) is 6.20 Å². The van der Waals surface area contributed by atoms with E-state index in [0.717, 1.165) is 6.07 Å². The largest absolute Gasteiger partial charge is 0.418 e. The van der Waals surface area contributed by atoms with Gasteiger partial charge in [0.05, 0.1) is 35.3 Å². The molecular weight excluding hydrogens is 395 g/mol. The fourth-order valence-electron chi connectivity index (χ4n) is 4.39. The second kappa shape index (κ2) is 7.93. The number of carbonyl (C=O) groups is 2. The number of halogens is 3. The van der Waals surface area contributed by atoms with Crippen LogP contribution in [0.4, 0.5) is 18.9 Å². The smallest absolute Gasteiger partial charge is 0.350 e. The number of rotatable bonds is 5. The Morgan fingerprint density at radius 3 is 2.30 bits per heavy atom. The van der Waals surface area contributed by atoms with E-state index < -0.39 is 29.5 Å². The van der Waals surface area contributed by atoms with Crippen LogP contribution in [0.15, 0.2) is 60.8 Å². The molecule has 0 radical (unpaired) electrons.